The number of carbonyl (C=O) groups is 1. The van der Waals surface area contributed by atoms with Gasteiger partial charge in [-0.05, 0) is 99.7 Å². The maximum Gasteiger partial charge on any atom is 0.133 e. The topological polar surface area (TPSA) is 37.3 Å². The molecule has 0 aromatic carbocycles. The fourth-order valence-electron chi connectivity index (χ4n) is 7.75. The summed E-state index contributed by atoms with van der Waals surface area (Å²) in [5.41, 5.74) is -0.807. The average Bonchev–Trinajstić information content (AvgIpc) is 2.91. The number of Topliss-reactive ketones (excluding diaryl/α,β-unsaturated/α-hetero) is 1. The van der Waals surface area contributed by atoms with E-state index in [-0.39, 0.29) is 11.3 Å². The van der Waals surface area contributed by atoms with E-state index in [0.29, 0.717) is 36.4 Å². The summed E-state index contributed by atoms with van der Waals surface area (Å²) < 4.78 is 13.2. The summed E-state index contributed by atoms with van der Waals surface area (Å²) in [5.74, 6) is 4.14. The summed E-state index contributed by atoms with van der Waals surface area (Å²) in [6, 6.07) is 0. The van der Waals surface area contributed by atoms with Gasteiger partial charge in [0.05, 0.1) is 5.60 Å². The Morgan fingerprint density at radius 1 is 1.04 bits per heavy atom. The molecule has 0 amide bonds. The molecule has 4 unspecified atom stereocenters. The van der Waals surface area contributed by atoms with Gasteiger partial charge < -0.3 is 5.11 Å². The third-order valence-electron chi connectivity index (χ3n) is 8.84. The van der Waals surface area contributed by atoms with E-state index in [4.69, 9.17) is 0 Å². The fourth-order valence-corrected chi connectivity index (χ4v) is 7.75. The molecule has 2 nitrogen and oxygen atoms in total. The van der Waals surface area contributed by atoms with E-state index in [1.165, 1.54) is 25.7 Å². The van der Waals surface area contributed by atoms with Crippen molar-refractivity contribution >= 4 is 5.78 Å². The second kappa shape index (κ2) is 5.79. The molecule has 4 fully saturated rings. The third-order valence-corrected chi connectivity index (χ3v) is 8.84. The van der Waals surface area contributed by atoms with Crippen molar-refractivity contribution in [2.24, 2.45) is 40.9 Å². The lowest BCUT2D eigenvalue weighted by molar-refractivity contribution is -0.131. The zero-order valence-corrected chi connectivity index (χ0v) is 15.3. The van der Waals surface area contributed by atoms with Crippen LogP contribution in [0.3, 0.4) is 0 Å². The third kappa shape index (κ3) is 2.40. The van der Waals surface area contributed by atoms with Gasteiger partial charge in [-0.1, -0.05) is 6.92 Å². The lowest BCUT2D eigenvalue weighted by Gasteiger charge is -2.56. The standard InChI is InChI=1S/C21H33FO2/c1-13(23)18-5-6-19-17-4-3-14-11-21(24,12-22)10-8-15(14)16(17)7-9-20(18,19)2/h14-19,24H,3-12H2,1-2H3/t14?,15-,16?,17?,18+,19?,20+,21+/m0/s1. The van der Waals surface area contributed by atoms with Gasteiger partial charge in [0.15, 0.2) is 0 Å². The second-order valence-corrected chi connectivity index (χ2v) is 9.82. The minimum atomic E-state index is -1.04. The van der Waals surface area contributed by atoms with Crippen molar-refractivity contribution < 1.29 is 14.3 Å². The van der Waals surface area contributed by atoms with Gasteiger partial charge in [-0.25, -0.2) is 4.39 Å². The van der Waals surface area contributed by atoms with Gasteiger partial charge in [-0.3, -0.25) is 4.79 Å². The molecule has 1 N–H and O–H groups in total. The summed E-state index contributed by atoms with van der Waals surface area (Å²) >= 11 is 0. The Balaban J connectivity index is 1.54. The van der Waals surface area contributed by atoms with Crippen LogP contribution in [0, 0.1) is 40.9 Å². The maximum atomic E-state index is 13.2. The lowest BCUT2D eigenvalue weighted by Crippen LogP contribution is -2.51. The van der Waals surface area contributed by atoms with Crippen molar-refractivity contribution in [3.05, 3.63) is 0 Å². The smallest absolute Gasteiger partial charge is 0.133 e. The number of carbonyl (C=O) groups excluding carboxylic acids is 1. The van der Waals surface area contributed by atoms with Gasteiger partial charge in [0.25, 0.3) is 0 Å². The Kier molecular flexibility index (Phi) is 4.10. The Labute approximate surface area is 145 Å². The highest BCUT2D eigenvalue weighted by atomic mass is 19.1. The van der Waals surface area contributed by atoms with Crippen molar-refractivity contribution in [2.45, 2.75) is 77.2 Å². The normalized spacial score (nSPS) is 53.8. The van der Waals surface area contributed by atoms with Crippen LogP contribution in [-0.4, -0.2) is 23.2 Å². The number of hydrogen-bond donors (Lipinski definition) is 1. The molecule has 4 aliphatic rings. The van der Waals surface area contributed by atoms with Gasteiger partial charge in [0.1, 0.15) is 12.5 Å². The molecule has 24 heavy (non-hydrogen) atoms. The SMILES string of the molecule is CC(=O)[C@H]1CCC2C3CCC4C[C@@](O)(CF)CC[C@@H]4C3CC[C@@]21C. The average molecular weight is 336 g/mol. The predicted molar refractivity (Wildman–Crippen MR) is 92.2 cm³/mol. The van der Waals surface area contributed by atoms with Crippen LogP contribution >= 0.6 is 0 Å². The summed E-state index contributed by atoms with van der Waals surface area (Å²) in [6.07, 6.45) is 9.48. The van der Waals surface area contributed by atoms with Gasteiger partial charge in [-0.2, -0.15) is 0 Å². The first kappa shape index (κ1) is 17.0. The summed E-state index contributed by atoms with van der Waals surface area (Å²) in [4.78, 5) is 12.1. The number of ketones is 1. The number of fused-ring (bicyclic) bond motifs is 5. The molecule has 0 bridgehead atoms. The first-order valence-electron chi connectivity index (χ1n) is 10.2. The first-order valence-corrected chi connectivity index (χ1v) is 10.2. The molecular formula is C21H33FO2. The lowest BCUT2D eigenvalue weighted by atomic mass is 9.49. The molecule has 4 aliphatic carbocycles. The van der Waals surface area contributed by atoms with Crippen LogP contribution in [0.1, 0.15) is 71.6 Å². The molecule has 4 saturated carbocycles. The molecule has 4 rings (SSSR count). The quantitative estimate of drug-likeness (QED) is 0.803. The Morgan fingerprint density at radius 3 is 2.50 bits per heavy atom. The van der Waals surface area contributed by atoms with Crippen LogP contribution in [-0.2, 0) is 4.79 Å². The van der Waals surface area contributed by atoms with Crippen molar-refractivity contribution in [1.29, 1.82) is 0 Å². The molecule has 3 heteroatoms. The maximum absolute atomic E-state index is 13.2. The summed E-state index contributed by atoms with van der Waals surface area (Å²) in [6.45, 7) is 3.60. The molecular weight excluding hydrogens is 303 g/mol. The molecule has 0 radical (unpaired) electrons. The van der Waals surface area contributed by atoms with Gasteiger partial charge in [-0.15, -0.1) is 0 Å². The summed E-state index contributed by atoms with van der Waals surface area (Å²) in [7, 11) is 0. The van der Waals surface area contributed by atoms with Crippen molar-refractivity contribution in [3.8, 4) is 0 Å². The zero-order chi connectivity index (χ0) is 17.1. The minimum Gasteiger partial charge on any atom is -0.387 e. The predicted octanol–water partition coefficient (Wildman–Crippen LogP) is 4.54. The number of alkyl halides is 1. The van der Waals surface area contributed by atoms with Gasteiger partial charge in [0.2, 0.25) is 0 Å². The molecule has 8 atom stereocenters. The monoisotopic (exact) mass is 336 g/mol. The highest BCUT2D eigenvalue weighted by Gasteiger charge is 2.58. The van der Waals surface area contributed by atoms with E-state index in [1.807, 2.05) is 0 Å². The molecule has 0 aliphatic heterocycles. The number of rotatable bonds is 2. The largest absolute Gasteiger partial charge is 0.387 e. The Bertz CT molecular complexity index is 520. The second-order valence-electron chi connectivity index (χ2n) is 9.82. The van der Waals surface area contributed by atoms with Crippen molar-refractivity contribution in [3.63, 3.8) is 0 Å². The zero-order valence-electron chi connectivity index (χ0n) is 15.3. The van der Waals surface area contributed by atoms with Gasteiger partial charge in [0, 0.05) is 5.92 Å². The van der Waals surface area contributed by atoms with Crippen LogP contribution in [0.25, 0.3) is 0 Å². The van der Waals surface area contributed by atoms with Crippen LogP contribution in [0.5, 0.6) is 0 Å². The van der Waals surface area contributed by atoms with E-state index >= 15 is 0 Å². The molecule has 0 aromatic rings. The van der Waals surface area contributed by atoms with E-state index in [2.05, 4.69) is 6.92 Å². The van der Waals surface area contributed by atoms with Crippen LogP contribution in [0.4, 0.5) is 4.39 Å². The molecule has 0 saturated heterocycles. The van der Waals surface area contributed by atoms with Crippen LogP contribution in [0.15, 0.2) is 0 Å². The fraction of sp³-hybridized carbons (Fsp3) is 0.952. The Morgan fingerprint density at radius 2 is 1.79 bits per heavy atom. The minimum absolute atomic E-state index is 0.230. The first-order chi connectivity index (χ1) is 11.4. The van der Waals surface area contributed by atoms with E-state index in [0.717, 1.165) is 31.1 Å². The molecule has 0 spiro atoms. The van der Waals surface area contributed by atoms with Crippen molar-refractivity contribution in [1.82, 2.24) is 0 Å². The highest BCUT2D eigenvalue weighted by molar-refractivity contribution is 5.79. The van der Waals surface area contributed by atoms with E-state index in [1.54, 1.807) is 6.92 Å². The Hall–Kier alpha value is -0.440. The van der Waals surface area contributed by atoms with Crippen molar-refractivity contribution in [2.75, 3.05) is 6.67 Å². The molecule has 136 valence electrons. The summed E-state index contributed by atoms with van der Waals surface area (Å²) in [5, 5.41) is 10.4. The number of aliphatic hydroxyl groups is 1. The highest BCUT2D eigenvalue weighted by Crippen LogP contribution is 2.64. The number of halogens is 1. The van der Waals surface area contributed by atoms with Crippen LogP contribution < -0.4 is 0 Å². The van der Waals surface area contributed by atoms with E-state index < -0.39 is 12.3 Å². The van der Waals surface area contributed by atoms with E-state index in [9.17, 15) is 14.3 Å². The van der Waals surface area contributed by atoms with Crippen LogP contribution in [0.2, 0.25) is 0 Å². The molecule has 0 aromatic heterocycles. The molecule has 0 heterocycles. The number of hydrogen-bond acceptors (Lipinski definition) is 2. The van der Waals surface area contributed by atoms with Gasteiger partial charge >= 0.3 is 0 Å².